The van der Waals surface area contributed by atoms with Gasteiger partial charge in [0.1, 0.15) is 5.75 Å². The lowest BCUT2D eigenvalue weighted by Gasteiger charge is -2.23. The number of phenols is 1. The molecule has 2 rings (SSSR count). The van der Waals surface area contributed by atoms with E-state index in [0.29, 0.717) is 12.8 Å². The van der Waals surface area contributed by atoms with Crippen LogP contribution in [0.15, 0.2) is 54.6 Å². The van der Waals surface area contributed by atoms with Crippen molar-refractivity contribution in [2.45, 2.75) is 38.8 Å². The Morgan fingerprint density at radius 2 is 1.44 bits per heavy atom. The number of likely N-dealkylation sites (N-methyl/N-ethyl adjacent to an activating group) is 1. The number of hydrogen-bond acceptors (Lipinski definition) is 4. The van der Waals surface area contributed by atoms with E-state index in [0.717, 1.165) is 11.1 Å². The van der Waals surface area contributed by atoms with Crippen LogP contribution in [0, 0.1) is 5.92 Å². The van der Waals surface area contributed by atoms with Gasteiger partial charge >= 0.3 is 0 Å². The van der Waals surface area contributed by atoms with Gasteiger partial charge in [-0.1, -0.05) is 56.3 Å². The maximum Gasteiger partial charge on any atom is 0.238 e. The van der Waals surface area contributed by atoms with E-state index in [9.17, 15) is 14.7 Å². The second kappa shape index (κ2) is 9.88. The van der Waals surface area contributed by atoms with Crippen molar-refractivity contribution in [2.24, 2.45) is 5.92 Å². The standard InChI is InChI=1S/C22H28N2O3/c1-15(2)21(26)19(13-16-7-5-4-6-8-16)24-22(27)20(23-3)14-17-9-11-18(25)12-10-17/h4-12,15,19-20,23,25H,13-14H2,1-3H3,(H,24,27). The minimum atomic E-state index is -0.560. The van der Waals surface area contributed by atoms with Gasteiger partial charge in [-0.2, -0.15) is 0 Å². The number of nitrogens with one attached hydrogen (secondary N) is 2. The molecule has 3 N–H and O–H groups in total. The van der Waals surface area contributed by atoms with Crippen molar-refractivity contribution in [1.29, 1.82) is 0 Å². The number of amides is 1. The fourth-order valence-electron chi connectivity index (χ4n) is 2.94. The molecule has 0 aliphatic heterocycles. The summed E-state index contributed by atoms with van der Waals surface area (Å²) in [6, 6.07) is 15.4. The van der Waals surface area contributed by atoms with Crippen LogP contribution in [-0.2, 0) is 22.4 Å². The summed E-state index contributed by atoms with van der Waals surface area (Å²) in [5.74, 6) is -0.161. The molecule has 0 saturated carbocycles. The molecule has 5 heteroatoms. The van der Waals surface area contributed by atoms with Crippen LogP contribution in [0.5, 0.6) is 5.75 Å². The van der Waals surface area contributed by atoms with Gasteiger partial charge in [0.25, 0.3) is 0 Å². The van der Waals surface area contributed by atoms with Gasteiger partial charge in [-0.15, -0.1) is 0 Å². The van der Waals surface area contributed by atoms with Gasteiger partial charge in [-0.3, -0.25) is 9.59 Å². The first kappa shape index (κ1) is 20.6. The molecule has 0 spiro atoms. The summed E-state index contributed by atoms with van der Waals surface area (Å²) in [5.41, 5.74) is 1.94. The third-order valence-electron chi connectivity index (χ3n) is 4.55. The Kier molecular flexibility index (Phi) is 7.55. The van der Waals surface area contributed by atoms with E-state index in [1.807, 2.05) is 44.2 Å². The van der Waals surface area contributed by atoms with Crippen molar-refractivity contribution in [3.8, 4) is 5.75 Å². The lowest BCUT2D eigenvalue weighted by Crippen LogP contribution is -2.51. The predicted octanol–water partition coefficient (Wildman–Crippen LogP) is 2.48. The van der Waals surface area contributed by atoms with E-state index in [1.165, 1.54) is 0 Å². The van der Waals surface area contributed by atoms with E-state index in [2.05, 4.69) is 10.6 Å². The average molecular weight is 368 g/mol. The molecule has 2 atom stereocenters. The topological polar surface area (TPSA) is 78.4 Å². The molecule has 144 valence electrons. The molecule has 2 aromatic rings. The quantitative estimate of drug-likeness (QED) is 0.635. The molecule has 2 aromatic carbocycles. The zero-order valence-corrected chi connectivity index (χ0v) is 16.1. The van der Waals surface area contributed by atoms with Crippen LogP contribution < -0.4 is 10.6 Å². The highest BCUT2D eigenvalue weighted by Crippen LogP contribution is 2.12. The van der Waals surface area contributed by atoms with Gasteiger partial charge < -0.3 is 15.7 Å². The molecule has 0 fully saturated rings. The first-order valence-electron chi connectivity index (χ1n) is 9.24. The zero-order valence-electron chi connectivity index (χ0n) is 16.1. The van der Waals surface area contributed by atoms with Gasteiger partial charge in [-0.25, -0.2) is 0 Å². The van der Waals surface area contributed by atoms with Crippen molar-refractivity contribution in [2.75, 3.05) is 7.05 Å². The Balaban J connectivity index is 2.09. The van der Waals surface area contributed by atoms with E-state index >= 15 is 0 Å². The highest BCUT2D eigenvalue weighted by atomic mass is 16.3. The lowest BCUT2D eigenvalue weighted by atomic mass is 9.95. The van der Waals surface area contributed by atoms with Crippen LogP contribution in [0.3, 0.4) is 0 Å². The normalized spacial score (nSPS) is 13.2. The van der Waals surface area contributed by atoms with Crippen molar-refractivity contribution < 1.29 is 14.7 Å². The molecule has 0 radical (unpaired) electrons. The molecule has 0 heterocycles. The minimum Gasteiger partial charge on any atom is -0.508 e. The fraction of sp³-hybridized carbons (Fsp3) is 0.364. The Morgan fingerprint density at radius 3 is 2.00 bits per heavy atom. The summed E-state index contributed by atoms with van der Waals surface area (Å²) in [4.78, 5) is 25.4. The summed E-state index contributed by atoms with van der Waals surface area (Å²) in [6.45, 7) is 3.69. The average Bonchev–Trinajstić information content (AvgIpc) is 2.67. The van der Waals surface area contributed by atoms with E-state index in [4.69, 9.17) is 0 Å². The van der Waals surface area contributed by atoms with Gasteiger partial charge in [0, 0.05) is 5.92 Å². The number of ketones is 1. The zero-order chi connectivity index (χ0) is 19.8. The number of hydrogen-bond donors (Lipinski definition) is 3. The molecular formula is C22H28N2O3. The molecule has 0 aliphatic rings. The van der Waals surface area contributed by atoms with Crippen molar-refractivity contribution in [3.63, 3.8) is 0 Å². The molecule has 0 aromatic heterocycles. The number of aromatic hydroxyl groups is 1. The van der Waals surface area contributed by atoms with Gasteiger partial charge in [-0.05, 0) is 43.1 Å². The van der Waals surface area contributed by atoms with Crippen molar-refractivity contribution in [1.82, 2.24) is 10.6 Å². The molecule has 0 aliphatic carbocycles. The van der Waals surface area contributed by atoms with Crippen LogP contribution >= 0.6 is 0 Å². The Bertz CT molecular complexity index is 742. The maximum atomic E-state index is 12.8. The highest BCUT2D eigenvalue weighted by molar-refractivity contribution is 5.92. The number of phenolic OH excluding ortho intramolecular Hbond substituents is 1. The molecule has 27 heavy (non-hydrogen) atoms. The Morgan fingerprint density at radius 1 is 0.889 bits per heavy atom. The minimum absolute atomic E-state index is 0.0201. The van der Waals surface area contributed by atoms with Crippen LogP contribution in [0.4, 0.5) is 0 Å². The second-order valence-electron chi connectivity index (χ2n) is 7.02. The number of benzene rings is 2. The third kappa shape index (κ3) is 6.22. The number of carbonyl (C=O) groups excluding carboxylic acids is 2. The van der Waals surface area contributed by atoms with E-state index in [-0.39, 0.29) is 23.4 Å². The van der Waals surface area contributed by atoms with E-state index in [1.54, 1.807) is 31.3 Å². The molecule has 1 amide bonds. The highest BCUT2D eigenvalue weighted by Gasteiger charge is 2.26. The van der Waals surface area contributed by atoms with Gasteiger partial charge in [0.05, 0.1) is 12.1 Å². The van der Waals surface area contributed by atoms with Crippen LogP contribution in [0.1, 0.15) is 25.0 Å². The number of carbonyl (C=O) groups is 2. The summed E-state index contributed by atoms with van der Waals surface area (Å²) < 4.78 is 0. The number of rotatable bonds is 9. The van der Waals surface area contributed by atoms with Crippen LogP contribution in [0.2, 0.25) is 0 Å². The van der Waals surface area contributed by atoms with Gasteiger partial charge in [0.2, 0.25) is 5.91 Å². The monoisotopic (exact) mass is 368 g/mol. The Labute approximate surface area is 160 Å². The summed E-state index contributed by atoms with van der Waals surface area (Å²) in [6.07, 6.45) is 0.940. The maximum absolute atomic E-state index is 12.8. The smallest absolute Gasteiger partial charge is 0.238 e. The molecule has 0 saturated heterocycles. The third-order valence-corrected chi connectivity index (χ3v) is 4.55. The SMILES string of the molecule is CNC(Cc1ccc(O)cc1)C(=O)NC(Cc1ccccc1)C(=O)C(C)C. The summed E-state index contributed by atoms with van der Waals surface area (Å²) in [5, 5.41) is 15.3. The van der Waals surface area contributed by atoms with Crippen LogP contribution in [-0.4, -0.2) is 35.9 Å². The van der Waals surface area contributed by atoms with Crippen molar-refractivity contribution >= 4 is 11.7 Å². The fourth-order valence-corrected chi connectivity index (χ4v) is 2.94. The summed E-state index contributed by atoms with van der Waals surface area (Å²) in [7, 11) is 1.72. The Hall–Kier alpha value is -2.66. The molecule has 2 unspecified atom stereocenters. The van der Waals surface area contributed by atoms with Crippen LogP contribution in [0.25, 0.3) is 0 Å². The van der Waals surface area contributed by atoms with Crippen molar-refractivity contribution in [3.05, 3.63) is 65.7 Å². The molecular weight excluding hydrogens is 340 g/mol. The number of Topliss-reactive ketones (excluding diaryl/α,β-unsaturated/α-hetero) is 1. The van der Waals surface area contributed by atoms with E-state index < -0.39 is 12.1 Å². The molecule has 5 nitrogen and oxygen atoms in total. The second-order valence-corrected chi connectivity index (χ2v) is 7.02. The lowest BCUT2D eigenvalue weighted by molar-refractivity contribution is -0.130. The largest absolute Gasteiger partial charge is 0.508 e. The molecule has 0 bridgehead atoms. The summed E-state index contributed by atoms with van der Waals surface area (Å²) >= 11 is 0. The van der Waals surface area contributed by atoms with Gasteiger partial charge in [0.15, 0.2) is 5.78 Å². The first-order valence-corrected chi connectivity index (χ1v) is 9.24. The predicted molar refractivity (Wildman–Crippen MR) is 107 cm³/mol. The first-order chi connectivity index (χ1) is 12.9.